The number of rotatable bonds is 4. The molecule has 1 fully saturated rings. The molecule has 1 rings (SSSR count). The molecule has 0 aliphatic heterocycles. The molecular weight excluding hydrogens is 230 g/mol. The van der Waals surface area contributed by atoms with E-state index in [9.17, 15) is 9.59 Å². The van der Waals surface area contributed by atoms with Crippen LogP contribution in [0.4, 0.5) is 0 Å². The van der Waals surface area contributed by atoms with Crippen LogP contribution < -0.4 is 16.8 Å². The summed E-state index contributed by atoms with van der Waals surface area (Å²) in [4.78, 5) is 22.5. The Morgan fingerprint density at radius 3 is 2.44 bits per heavy atom. The molecule has 6 heteroatoms. The number of amides is 2. The molecule has 1 aliphatic rings. The molecule has 0 bridgehead atoms. The molecule has 2 atom stereocenters. The smallest absolute Gasteiger partial charge is 0.222 e. The second-order valence-corrected chi connectivity index (χ2v) is 4.01. The Hall–Kier alpha value is -0.810. The molecule has 0 radical (unpaired) electrons. The van der Waals surface area contributed by atoms with Gasteiger partial charge in [-0.2, -0.15) is 0 Å². The third-order valence-electron chi connectivity index (χ3n) is 2.85. The Morgan fingerprint density at radius 2 is 1.88 bits per heavy atom. The molecule has 0 aromatic rings. The molecule has 1 saturated carbocycles. The minimum atomic E-state index is -0.312. The van der Waals surface area contributed by atoms with Crippen LogP contribution in [0.3, 0.4) is 0 Å². The summed E-state index contributed by atoms with van der Waals surface area (Å²) >= 11 is 0. The summed E-state index contributed by atoms with van der Waals surface area (Å²) in [6, 6.07) is -0.0877. The third-order valence-corrected chi connectivity index (χ3v) is 2.85. The molecule has 94 valence electrons. The fourth-order valence-electron chi connectivity index (χ4n) is 2.05. The van der Waals surface area contributed by atoms with Crippen molar-refractivity contribution >= 4 is 24.2 Å². The lowest BCUT2D eigenvalue weighted by molar-refractivity contribution is -0.126. The van der Waals surface area contributed by atoms with Crippen molar-refractivity contribution in [3.63, 3.8) is 0 Å². The van der Waals surface area contributed by atoms with E-state index in [1.807, 2.05) is 0 Å². The zero-order valence-corrected chi connectivity index (χ0v) is 10.1. The standard InChI is InChI=1S/C10H19N3O2.ClH/c11-6-5-9(14)13-8-4-2-1-3-7(8)10(12)15;/h7-8H,1-6,11H2,(H2,12,15)(H,13,14);1H. The van der Waals surface area contributed by atoms with Crippen LogP contribution in [0, 0.1) is 5.92 Å². The van der Waals surface area contributed by atoms with Gasteiger partial charge in [-0.3, -0.25) is 9.59 Å². The zero-order valence-electron chi connectivity index (χ0n) is 9.28. The Morgan fingerprint density at radius 1 is 1.25 bits per heavy atom. The topological polar surface area (TPSA) is 98.2 Å². The van der Waals surface area contributed by atoms with Crippen molar-refractivity contribution in [1.29, 1.82) is 0 Å². The van der Waals surface area contributed by atoms with Crippen molar-refractivity contribution in [2.45, 2.75) is 38.1 Å². The Balaban J connectivity index is 0.00000225. The lowest BCUT2D eigenvalue weighted by Crippen LogP contribution is -2.47. The van der Waals surface area contributed by atoms with Crippen LogP contribution in [0.1, 0.15) is 32.1 Å². The van der Waals surface area contributed by atoms with Crippen molar-refractivity contribution in [2.24, 2.45) is 17.4 Å². The minimum Gasteiger partial charge on any atom is -0.369 e. The lowest BCUT2D eigenvalue weighted by Gasteiger charge is -2.29. The van der Waals surface area contributed by atoms with E-state index in [0.717, 1.165) is 25.7 Å². The molecule has 16 heavy (non-hydrogen) atoms. The molecule has 0 aromatic heterocycles. The number of nitrogens with one attached hydrogen (secondary N) is 1. The van der Waals surface area contributed by atoms with Crippen LogP contribution in [-0.4, -0.2) is 24.4 Å². The second-order valence-electron chi connectivity index (χ2n) is 4.01. The molecule has 2 unspecified atom stereocenters. The summed E-state index contributed by atoms with van der Waals surface area (Å²) in [5.41, 5.74) is 10.6. The molecule has 2 amide bonds. The fourth-order valence-corrected chi connectivity index (χ4v) is 2.05. The van der Waals surface area contributed by atoms with E-state index in [4.69, 9.17) is 11.5 Å². The first-order valence-corrected chi connectivity index (χ1v) is 5.44. The summed E-state index contributed by atoms with van der Waals surface area (Å²) in [5, 5.41) is 2.83. The van der Waals surface area contributed by atoms with Crippen LogP contribution in [0.5, 0.6) is 0 Å². The van der Waals surface area contributed by atoms with Gasteiger partial charge in [0, 0.05) is 19.0 Å². The first-order valence-electron chi connectivity index (χ1n) is 5.44. The predicted octanol–water partition coefficient (Wildman–Crippen LogP) is -0.0827. The first-order chi connectivity index (χ1) is 7.15. The average Bonchev–Trinajstić information content (AvgIpc) is 2.18. The van der Waals surface area contributed by atoms with E-state index in [1.165, 1.54) is 0 Å². The van der Waals surface area contributed by atoms with E-state index < -0.39 is 0 Å². The maximum atomic E-state index is 11.3. The van der Waals surface area contributed by atoms with Gasteiger partial charge in [0.05, 0.1) is 5.92 Å². The predicted molar refractivity (Wildman–Crippen MR) is 64.0 cm³/mol. The minimum absolute atomic E-state index is 0. The largest absolute Gasteiger partial charge is 0.369 e. The molecule has 0 spiro atoms. The third kappa shape index (κ3) is 4.37. The first kappa shape index (κ1) is 15.2. The van der Waals surface area contributed by atoms with E-state index in [2.05, 4.69) is 5.32 Å². The van der Waals surface area contributed by atoms with Gasteiger partial charge in [0.25, 0.3) is 0 Å². The molecule has 0 aromatic carbocycles. The van der Waals surface area contributed by atoms with E-state index in [1.54, 1.807) is 0 Å². The van der Waals surface area contributed by atoms with Crippen molar-refractivity contribution in [3.8, 4) is 0 Å². The Bertz CT molecular complexity index is 248. The van der Waals surface area contributed by atoms with Gasteiger partial charge in [0.2, 0.25) is 11.8 Å². The number of carbonyl (C=O) groups is 2. The monoisotopic (exact) mass is 249 g/mol. The normalized spacial score (nSPS) is 24.3. The molecule has 5 N–H and O–H groups in total. The van der Waals surface area contributed by atoms with Crippen LogP contribution in [-0.2, 0) is 9.59 Å². The van der Waals surface area contributed by atoms with Gasteiger partial charge in [-0.25, -0.2) is 0 Å². The number of halogens is 1. The molecule has 0 saturated heterocycles. The van der Waals surface area contributed by atoms with Crippen LogP contribution in [0.2, 0.25) is 0 Å². The number of hydrogen-bond acceptors (Lipinski definition) is 3. The van der Waals surface area contributed by atoms with Crippen molar-refractivity contribution < 1.29 is 9.59 Å². The van der Waals surface area contributed by atoms with Gasteiger partial charge in [0.15, 0.2) is 0 Å². The molecule has 1 aliphatic carbocycles. The van der Waals surface area contributed by atoms with Crippen molar-refractivity contribution in [2.75, 3.05) is 6.54 Å². The maximum Gasteiger partial charge on any atom is 0.222 e. The van der Waals surface area contributed by atoms with Gasteiger partial charge in [-0.15, -0.1) is 12.4 Å². The zero-order chi connectivity index (χ0) is 11.3. The number of nitrogens with two attached hydrogens (primary N) is 2. The number of primary amides is 1. The summed E-state index contributed by atoms with van der Waals surface area (Å²) in [7, 11) is 0. The van der Waals surface area contributed by atoms with Gasteiger partial charge in [0.1, 0.15) is 0 Å². The number of carbonyl (C=O) groups excluding carboxylic acids is 2. The fraction of sp³-hybridized carbons (Fsp3) is 0.800. The van der Waals surface area contributed by atoms with Crippen LogP contribution in [0.15, 0.2) is 0 Å². The Labute approximate surface area is 102 Å². The molecule has 5 nitrogen and oxygen atoms in total. The maximum absolute atomic E-state index is 11.3. The summed E-state index contributed by atoms with van der Waals surface area (Å²) in [6.45, 7) is 0.333. The van der Waals surface area contributed by atoms with E-state index in [0.29, 0.717) is 13.0 Å². The lowest BCUT2D eigenvalue weighted by atomic mass is 9.84. The van der Waals surface area contributed by atoms with E-state index in [-0.39, 0.29) is 36.2 Å². The highest BCUT2D eigenvalue weighted by Gasteiger charge is 2.30. The summed E-state index contributed by atoms with van der Waals surface area (Å²) in [5.74, 6) is -0.608. The molecular formula is C10H20ClN3O2. The van der Waals surface area contributed by atoms with Gasteiger partial charge in [-0.05, 0) is 12.8 Å². The average molecular weight is 250 g/mol. The van der Waals surface area contributed by atoms with Crippen molar-refractivity contribution in [3.05, 3.63) is 0 Å². The molecule has 0 heterocycles. The summed E-state index contributed by atoms with van der Waals surface area (Å²) < 4.78 is 0. The van der Waals surface area contributed by atoms with E-state index >= 15 is 0 Å². The Kier molecular flexibility index (Phi) is 7.08. The van der Waals surface area contributed by atoms with Crippen molar-refractivity contribution in [1.82, 2.24) is 5.32 Å². The summed E-state index contributed by atoms with van der Waals surface area (Å²) in [6.07, 6.45) is 3.98. The van der Waals surface area contributed by atoms with Crippen LogP contribution in [0.25, 0.3) is 0 Å². The number of hydrogen-bond donors (Lipinski definition) is 3. The van der Waals surface area contributed by atoms with Gasteiger partial charge < -0.3 is 16.8 Å². The van der Waals surface area contributed by atoms with Crippen LogP contribution >= 0.6 is 12.4 Å². The van der Waals surface area contributed by atoms with Gasteiger partial charge in [-0.1, -0.05) is 12.8 Å². The second kappa shape index (κ2) is 7.46. The quantitative estimate of drug-likeness (QED) is 0.650. The highest BCUT2D eigenvalue weighted by Crippen LogP contribution is 2.24. The SMILES string of the molecule is Cl.NCCC(=O)NC1CCCCC1C(N)=O. The van der Waals surface area contributed by atoms with Gasteiger partial charge >= 0.3 is 0 Å². The highest BCUT2D eigenvalue weighted by atomic mass is 35.5. The highest BCUT2D eigenvalue weighted by molar-refractivity contribution is 5.85.